The molecule has 1 saturated heterocycles. The Morgan fingerprint density at radius 1 is 1.38 bits per heavy atom. The second-order valence-corrected chi connectivity index (χ2v) is 6.55. The number of fused-ring (bicyclic) bond motifs is 1. The zero-order valence-electron chi connectivity index (χ0n) is 12.1. The van der Waals surface area contributed by atoms with Gasteiger partial charge in [0.15, 0.2) is 0 Å². The van der Waals surface area contributed by atoms with Gasteiger partial charge in [-0.05, 0) is 32.3 Å². The van der Waals surface area contributed by atoms with Crippen LogP contribution in [0, 0.1) is 13.8 Å². The molecule has 1 aliphatic heterocycles. The number of aromatic amines is 1. The summed E-state index contributed by atoms with van der Waals surface area (Å²) in [6.07, 6.45) is 1.78. The first-order chi connectivity index (χ1) is 10.1. The molecule has 7 heteroatoms. The minimum Gasteiger partial charge on any atom is -0.355 e. The number of rotatable bonds is 3. The first-order valence-corrected chi connectivity index (χ1v) is 7.88. The van der Waals surface area contributed by atoms with E-state index in [1.54, 1.807) is 0 Å². The summed E-state index contributed by atoms with van der Waals surface area (Å²) in [6.45, 7) is 5.06. The van der Waals surface area contributed by atoms with Crippen molar-refractivity contribution in [2.75, 3.05) is 6.54 Å². The summed E-state index contributed by atoms with van der Waals surface area (Å²) in [7, 11) is 0. The molecule has 2 aromatic rings. The largest absolute Gasteiger partial charge is 0.355 e. The lowest BCUT2D eigenvalue weighted by Crippen LogP contribution is -2.48. The molecule has 0 saturated carbocycles. The highest BCUT2D eigenvalue weighted by molar-refractivity contribution is 7.18. The van der Waals surface area contributed by atoms with Crippen LogP contribution >= 0.6 is 11.3 Å². The zero-order valence-corrected chi connectivity index (χ0v) is 12.9. The third-order valence-corrected chi connectivity index (χ3v) is 4.99. The van der Waals surface area contributed by atoms with E-state index in [0.29, 0.717) is 17.8 Å². The SMILES string of the molecule is Cc1sc2nc(CNC3CCCNC3=O)[nH]c(=O)c2c1C. The van der Waals surface area contributed by atoms with Crippen molar-refractivity contribution < 1.29 is 4.79 Å². The van der Waals surface area contributed by atoms with Gasteiger partial charge in [-0.2, -0.15) is 0 Å². The molecule has 0 aliphatic carbocycles. The van der Waals surface area contributed by atoms with Crippen molar-refractivity contribution in [3.05, 3.63) is 26.6 Å². The molecule has 112 valence electrons. The van der Waals surface area contributed by atoms with E-state index in [-0.39, 0.29) is 17.5 Å². The number of hydrogen-bond donors (Lipinski definition) is 3. The Hall–Kier alpha value is -1.73. The van der Waals surface area contributed by atoms with Gasteiger partial charge in [0.05, 0.1) is 18.0 Å². The predicted molar refractivity (Wildman–Crippen MR) is 82.6 cm³/mol. The topological polar surface area (TPSA) is 86.9 Å². The third kappa shape index (κ3) is 2.71. The van der Waals surface area contributed by atoms with Gasteiger partial charge in [-0.1, -0.05) is 0 Å². The summed E-state index contributed by atoms with van der Waals surface area (Å²) in [5.41, 5.74) is 0.890. The molecule has 21 heavy (non-hydrogen) atoms. The summed E-state index contributed by atoms with van der Waals surface area (Å²) in [5.74, 6) is 0.597. The molecule has 3 heterocycles. The van der Waals surface area contributed by atoms with E-state index in [1.807, 2.05) is 13.8 Å². The van der Waals surface area contributed by atoms with E-state index in [2.05, 4.69) is 20.6 Å². The normalized spacial score (nSPS) is 19.0. The Morgan fingerprint density at radius 3 is 2.95 bits per heavy atom. The van der Waals surface area contributed by atoms with E-state index < -0.39 is 0 Å². The zero-order chi connectivity index (χ0) is 15.0. The number of amides is 1. The molecule has 1 fully saturated rings. The Balaban J connectivity index is 1.81. The molecule has 0 spiro atoms. The predicted octanol–water partition coefficient (Wildman–Crippen LogP) is 0.970. The number of hydrogen-bond acceptors (Lipinski definition) is 5. The minimum absolute atomic E-state index is 0.0208. The molecule has 0 bridgehead atoms. The van der Waals surface area contributed by atoms with Crippen LogP contribution in [0.4, 0.5) is 0 Å². The molecular weight excluding hydrogens is 288 g/mol. The van der Waals surface area contributed by atoms with E-state index in [1.165, 1.54) is 11.3 Å². The van der Waals surface area contributed by atoms with Crippen LogP contribution < -0.4 is 16.2 Å². The van der Waals surface area contributed by atoms with E-state index in [0.717, 1.165) is 34.7 Å². The van der Waals surface area contributed by atoms with Gasteiger partial charge in [0.2, 0.25) is 5.91 Å². The lowest BCUT2D eigenvalue weighted by Gasteiger charge is -2.22. The summed E-state index contributed by atoms with van der Waals surface area (Å²) in [6, 6.07) is -0.202. The molecule has 1 amide bonds. The molecular formula is C14H18N4O2S. The fraction of sp³-hybridized carbons (Fsp3) is 0.500. The van der Waals surface area contributed by atoms with Crippen LogP contribution in [0.15, 0.2) is 4.79 Å². The Labute approximate surface area is 126 Å². The van der Waals surface area contributed by atoms with Crippen LogP contribution in [0.5, 0.6) is 0 Å². The van der Waals surface area contributed by atoms with E-state index in [9.17, 15) is 9.59 Å². The number of H-pyrrole nitrogens is 1. The highest BCUT2D eigenvalue weighted by Gasteiger charge is 2.21. The molecule has 1 aliphatic rings. The van der Waals surface area contributed by atoms with Gasteiger partial charge in [-0.25, -0.2) is 4.98 Å². The molecule has 6 nitrogen and oxygen atoms in total. The number of carbonyl (C=O) groups excluding carboxylic acids is 1. The van der Waals surface area contributed by atoms with Crippen LogP contribution in [-0.2, 0) is 11.3 Å². The summed E-state index contributed by atoms with van der Waals surface area (Å²) in [4.78, 5) is 33.0. The lowest BCUT2D eigenvalue weighted by atomic mass is 10.1. The number of carbonyl (C=O) groups is 1. The highest BCUT2D eigenvalue weighted by atomic mass is 32.1. The average molecular weight is 306 g/mol. The molecule has 2 aromatic heterocycles. The molecule has 1 unspecified atom stereocenters. The molecule has 3 N–H and O–H groups in total. The molecule has 3 rings (SSSR count). The van der Waals surface area contributed by atoms with Gasteiger partial charge in [0.25, 0.3) is 5.56 Å². The Bertz CT molecular complexity index is 749. The van der Waals surface area contributed by atoms with Gasteiger partial charge in [0.1, 0.15) is 10.7 Å². The van der Waals surface area contributed by atoms with Crippen LogP contribution in [-0.4, -0.2) is 28.5 Å². The van der Waals surface area contributed by atoms with Crippen molar-refractivity contribution in [3.63, 3.8) is 0 Å². The van der Waals surface area contributed by atoms with Crippen LogP contribution in [0.2, 0.25) is 0 Å². The lowest BCUT2D eigenvalue weighted by molar-refractivity contribution is -0.124. The second-order valence-electron chi connectivity index (χ2n) is 5.34. The second kappa shape index (κ2) is 5.57. The average Bonchev–Trinajstić information content (AvgIpc) is 2.73. The standard InChI is InChI=1S/C14H18N4O2S/c1-7-8(2)21-14-11(7)13(20)17-10(18-14)6-16-9-4-3-5-15-12(9)19/h9,16H,3-6H2,1-2H3,(H,15,19)(H,17,18,20). The molecule has 1 atom stereocenters. The Morgan fingerprint density at radius 2 is 2.19 bits per heavy atom. The van der Waals surface area contributed by atoms with Gasteiger partial charge in [-0.3, -0.25) is 14.9 Å². The minimum atomic E-state index is -0.202. The number of thiophene rings is 1. The number of piperidine rings is 1. The number of aryl methyl sites for hydroxylation is 2. The smallest absolute Gasteiger partial charge is 0.259 e. The van der Waals surface area contributed by atoms with Gasteiger partial charge >= 0.3 is 0 Å². The quantitative estimate of drug-likeness (QED) is 0.788. The van der Waals surface area contributed by atoms with Gasteiger partial charge in [0, 0.05) is 11.4 Å². The van der Waals surface area contributed by atoms with E-state index in [4.69, 9.17) is 0 Å². The van der Waals surface area contributed by atoms with E-state index >= 15 is 0 Å². The fourth-order valence-electron chi connectivity index (χ4n) is 2.57. The van der Waals surface area contributed by atoms with Crippen molar-refractivity contribution in [1.29, 1.82) is 0 Å². The van der Waals surface area contributed by atoms with Crippen molar-refractivity contribution in [3.8, 4) is 0 Å². The maximum absolute atomic E-state index is 12.2. The first-order valence-electron chi connectivity index (χ1n) is 7.06. The van der Waals surface area contributed by atoms with Crippen LogP contribution in [0.1, 0.15) is 29.1 Å². The van der Waals surface area contributed by atoms with Crippen LogP contribution in [0.3, 0.4) is 0 Å². The summed E-state index contributed by atoms with van der Waals surface area (Å²) >= 11 is 1.53. The van der Waals surface area contributed by atoms with Crippen molar-refractivity contribution in [2.24, 2.45) is 0 Å². The summed E-state index contributed by atoms with van der Waals surface area (Å²) in [5, 5.41) is 6.67. The van der Waals surface area contributed by atoms with Crippen molar-refractivity contribution in [1.82, 2.24) is 20.6 Å². The van der Waals surface area contributed by atoms with Crippen molar-refractivity contribution in [2.45, 2.75) is 39.3 Å². The monoisotopic (exact) mass is 306 g/mol. The number of nitrogens with zero attached hydrogens (tertiary/aromatic N) is 1. The number of aromatic nitrogens is 2. The third-order valence-electron chi connectivity index (χ3n) is 3.89. The number of nitrogens with one attached hydrogen (secondary N) is 3. The van der Waals surface area contributed by atoms with Gasteiger partial charge in [-0.15, -0.1) is 11.3 Å². The molecule has 0 radical (unpaired) electrons. The maximum Gasteiger partial charge on any atom is 0.259 e. The highest BCUT2D eigenvalue weighted by Crippen LogP contribution is 2.25. The molecule has 0 aromatic carbocycles. The van der Waals surface area contributed by atoms with Crippen molar-refractivity contribution >= 4 is 27.5 Å². The first kappa shape index (κ1) is 14.2. The van der Waals surface area contributed by atoms with Gasteiger partial charge < -0.3 is 10.3 Å². The van der Waals surface area contributed by atoms with Crippen LogP contribution in [0.25, 0.3) is 10.2 Å². The maximum atomic E-state index is 12.2. The fourth-order valence-corrected chi connectivity index (χ4v) is 3.62. The summed E-state index contributed by atoms with van der Waals surface area (Å²) < 4.78 is 0. The Kier molecular flexibility index (Phi) is 3.77.